The second-order valence-electron chi connectivity index (χ2n) is 4.14. The summed E-state index contributed by atoms with van der Waals surface area (Å²) in [6, 6.07) is -0.614. The third-order valence-corrected chi connectivity index (χ3v) is 2.67. The van der Waals surface area contributed by atoms with Crippen molar-refractivity contribution in [3.05, 3.63) is 17.5 Å². The highest BCUT2D eigenvalue weighted by Crippen LogP contribution is 2.09. The molecule has 0 radical (unpaired) electrons. The van der Waals surface area contributed by atoms with Crippen LogP contribution in [-0.4, -0.2) is 27.1 Å². The van der Waals surface area contributed by atoms with Gasteiger partial charge in [-0.3, -0.25) is 0 Å². The van der Waals surface area contributed by atoms with Gasteiger partial charge in [0.15, 0.2) is 0 Å². The number of carboxylic acids is 1. The molecule has 17 heavy (non-hydrogen) atoms. The Morgan fingerprint density at radius 3 is 2.76 bits per heavy atom. The number of carbonyl (C=O) groups is 1. The van der Waals surface area contributed by atoms with Crippen LogP contribution in [0.4, 0.5) is 5.95 Å². The van der Waals surface area contributed by atoms with E-state index in [1.807, 2.05) is 20.8 Å². The van der Waals surface area contributed by atoms with Crippen molar-refractivity contribution in [3.63, 3.8) is 0 Å². The summed E-state index contributed by atoms with van der Waals surface area (Å²) in [4.78, 5) is 19.3. The lowest BCUT2D eigenvalue weighted by Crippen LogP contribution is -2.30. The van der Waals surface area contributed by atoms with Crippen molar-refractivity contribution < 1.29 is 9.90 Å². The van der Waals surface area contributed by atoms with Crippen LogP contribution < -0.4 is 5.32 Å². The first kappa shape index (κ1) is 13.4. The van der Waals surface area contributed by atoms with Crippen molar-refractivity contribution in [1.82, 2.24) is 9.97 Å². The quantitative estimate of drug-likeness (QED) is 0.793. The van der Waals surface area contributed by atoms with E-state index in [1.165, 1.54) is 0 Å². The molecule has 94 valence electrons. The lowest BCUT2D eigenvalue weighted by Gasteiger charge is -2.14. The van der Waals surface area contributed by atoms with Crippen molar-refractivity contribution in [2.24, 2.45) is 0 Å². The molecule has 5 nitrogen and oxygen atoms in total. The Hall–Kier alpha value is -1.65. The molecule has 0 aliphatic rings. The molecule has 1 aromatic heterocycles. The zero-order chi connectivity index (χ0) is 12.8. The Bertz CT molecular complexity index is 393. The fourth-order valence-electron chi connectivity index (χ4n) is 1.42. The maximum Gasteiger partial charge on any atom is 0.326 e. The standard InChI is InChI=1S/C12H19N3O2/c1-4-5-6-10(11(16)17)15-12-13-7-8(2)9(3)14-12/h7,10H,4-6H2,1-3H3,(H,16,17)(H,13,14,15)/t10-/m0/s1. The van der Waals surface area contributed by atoms with E-state index < -0.39 is 12.0 Å². The number of hydrogen-bond acceptors (Lipinski definition) is 4. The minimum atomic E-state index is -0.861. The van der Waals surface area contributed by atoms with E-state index >= 15 is 0 Å². The van der Waals surface area contributed by atoms with Crippen LogP contribution in [-0.2, 0) is 4.79 Å². The second-order valence-corrected chi connectivity index (χ2v) is 4.14. The number of carboxylic acid groups (broad SMARTS) is 1. The van der Waals surface area contributed by atoms with Gasteiger partial charge in [0, 0.05) is 11.9 Å². The molecule has 1 aromatic rings. The molecule has 1 atom stereocenters. The fourth-order valence-corrected chi connectivity index (χ4v) is 1.42. The Labute approximate surface area is 101 Å². The second kappa shape index (κ2) is 6.18. The molecule has 0 aliphatic heterocycles. The summed E-state index contributed by atoms with van der Waals surface area (Å²) in [7, 11) is 0. The molecule has 2 N–H and O–H groups in total. The van der Waals surface area contributed by atoms with E-state index in [2.05, 4.69) is 15.3 Å². The van der Waals surface area contributed by atoms with Crippen molar-refractivity contribution >= 4 is 11.9 Å². The monoisotopic (exact) mass is 237 g/mol. The Morgan fingerprint density at radius 2 is 2.24 bits per heavy atom. The number of nitrogens with zero attached hydrogens (tertiary/aromatic N) is 2. The molecule has 0 aromatic carbocycles. The van der Waals surface area contributed by atoms with Crippen LogP contribution in [0, 0.1) is 13.8 Å². The smallest absolute Gasteiger partial charge is 0.326 e. The highest BCUT2D eigenvalue weighted by molar-refractivity contribution is 5.76. The summed E-state index contributed by atoms with van der Waals surface area (Å²) < 4.78 is 0. The molecule has 0 saturated heterocycles. The molecule has 0 unspecified atom stereocenters. The first-order chi connectivity index (χ1) is 8.04. The van der Waals surface area contributed by atoms with Crippen LogP contribution in [0.1, 0.15) is 37.4 Å². The lowest BCUT2D eigenvalue weighted by atomic mass is 10.1. The van der Waals surface area contributed by atoms with Gasteiger partial charge in [0.05, 0.1) is 0 Å². The first-order valence-corrected chi connectivity index (χ1v) is 5.84. The van der Waals surface area contributed by atoms with E-state index in [0.717, 1.165) is 24.1 Å². The van der Waals surface area contributed by atoms with Crippen LogP contribution in [0.5, 0.6) is 0 Å². The Balaban J connectivity index is 2.71. The van der Waals surface area contributed by atoms with Gasteiger partial charge in [0.25, 0.3) is 0 Å². The largest absolute Gasteiger partial charge is 0.480 e. The predicted molar refractivity (Wildman–Crippen MR) is 66.1 cm³/mol. The highest BCUT2D eigenvalue weighted by atomic mass is 16.4. The predicted octanol–water partition coefficient (Wildman–Crippen LogP) is 2.15. The number of aromatic nitrogens is 2. The van der Waals surface area contributed by atoms with Crippen molar-refractivity contribution in [3.8, 4) is 0 Å². The number of unbranched alkanes of at least 4 members (excludes halogenated alkanes) is 1. The van der Waals surface area contributed by atoms with Gasteiger partial charge >= 0.3 is 5.97 Å². The molecule has 0 aliphatic carbocycles. The Morgan fingerprint density at radius 1 is 1.53 bits per heavy atom. The summed E-state index contributed by atoms with van der Waals surface area (Å²) >= 11 is 0. The number of anilines is 1. The molecule has 0 fully saturated rings. The van der Waals surface area contributed by atoms with Crippen molar-refractivity contribution in [2.45, 2.75) is 46.1 Å². The van der Waals surface area contributed by atoms with Gasteiger partial charge in [0.2, 0.25) is 5.95 Å². The van der Waals surface area contributed by atoms with Gasteiger partial charge in [-0.05, 0) is 25.8 Å². The van der Waals surface area contributed by atoms with Gasteiger partial charge < -0.3 is 10.4 Å². The molecule has 0 bridgehead atoms. The van der Waals surface area contributed by atoms with Crippen LogP contribution >= 0.6 is 0 Å². The summed E-state index contributed by atoms with van der Waals surface area (Å²) in [5.74, 6) is -0.475. The molecule has 1 rings (SSSR count). The lowest BCUT2D eigenvalue weighted by molar-refractivity contribution is -0.138. The van der Waals surface area contributed by atoms with Gasteiger partial charge in [-0.1, -0.05) is 19.8 Å². The van der Waals surface area contributed by atoms with Crippen molar-refractivity contribution in [1.29, 1.82) is 0 Å². The van der Waals surface area contributed by atoms with E-state index in [1.54, 1.807) is 6.20 Å². The van der Waals surface area contributed by atoms with Gasteiger partial charge in [-0.15, -0.1) is 0 Å². The van der Waals surface area contributed by atoms with Crippen molar-refractivity contribution in [2.75, 3.05) is 5.32 Å². The summed E-state index contributed by atoms with van der Waals surface area (Å²) in [5, 5.41) is 11.9. The summed E-state index contributed by atoms with van der Waals surface area (Å²) in [5.41, 5.74) is 1.86. The number of hydrogen-bond donors (Lipinski definition) is 2. The first-order valence-electron chi connectivity index (χ1n) is 5.84. The minimum Gasteiger partial charge on any atom is -0.480 e. The van der Waals surface area contributed by atoms with E-state index in [0.29, 0.717) is 12.4 Å². The highest BCUT2D eigenvalue weighted by Gasteiger charge is 2.17. The van der Waals surface area contributed by atoms with Gasteiger partial charge in [-0.25, -0.2) is 14.8 Å². The molecule has 0 amide bonds. The van der Waals surface area contributed by atoms with Gasteiger partial charge in [0.1, 0.15) is 6.04 Å². The van der Waals surface area contributed by atoms with Crippen LogP contribution in [0.25, 0.3) is 0 Å². The number of aryl methyl sites for hydroxylation is 2. The van der Waals surface area contributed by atoms with E-state index in [4.69, 9.17) is 5.11 Å². The van der Waals surface area contributed by atoms with Crippen LogP contribution in [0.2, 0.25) is 0 Å². The number of rotatable bonds is 6. The number of aliphatic carboxylic acids is 1. The molecule has 0 saturated carbocycles. The van der Waals surface area contributed by atoms with E-state index in [-0.39, 0.29) is 0 Å². The zero-order valence-electron chi connectivity index (χ0n) is 10.5. The molecule has 1 heterocycles. The van der Waals surface area contributed by atoms with Crippen LogP contribution in [0.15, 0.2) is 6.20 Å². The molecule has 0 spiro atoms. The van der Waals surface area contributed by atoms with Gasteiger partial charge in [-0.2, -0.15) is 0 Å². The molecular weight excluding hydrogens is 218 g/mol. The SMILES string of the molecule is CCCC[C@H](Nc1ncc(C)c(C)n1)C(=O)O. The summed E-state index contributed by atoms with van der Waals surface area (Å²) in [6.45, 7) is 5.83. The maximum atomic E-state index is 11.0. The third-order valence-electron chi connectivity index (χ3n) is 2.67. The molecule has 5 heteroatoms. The third kappa shape index (κ3) is 4.01. The average Bonchev–Trinajstić information content (AvgIpc) is 2.28. The molecular formula is C12H19N3O2. The average molecular weight is 237 g/mol. The summed E-state index contributed by atoms with van der Waals surface area (Å²) in [6.07, 6.45) is 4.12. The topological polar surface area (TPSA) is 75.1 Å². The fraction of sp³-hybridized carbons (Fsp3) is 0.583. The minimum absolute atomic E-state index is 0.386. The zero-order valence-corrected chi connectivity index (χ0v) is 10.5. The maximum absolute atomic E-state index is 11.0. The van der Waals surface area contributed by atoms with E-state index in [9.17, 15) is 4.79 Å². The Kier molecular flexibility index (Phi) is 4.87. The van der Waals surface area contributed by atoms with Crippen LogP contribution in [0.3, 0.4) is 0 Å². The number of nitrogens with one attached hydrogen (secondary N) is 1. The normalized spacial score (nSPS) is 12.2.